The van der Waals surface area contributed by atoms with Crippen LogP contribution in [-0.4, -0.2) is 46.8 Å². The van der Waals surface area contributed by atoms with E-state index in [0.717, 1.165) is 6.42 Å². The number of aliphatic carboxylic acids is 1. The second kappa shape index (κ2) is 6.50. The molecule has 7 heteroatoms. The molecule has 0 radical (unpaired) electrons. The molecule has 0 aliphatic carbocycles. The molecule has 2 atom stereocenters. The number of carboxylic acids is 1. The molecule has 21 heavy (non-hydrogen) atoms. The largest absolute Gasteiger partial charge is 0.481 e. The van der Waals surface area contributed by atoms with Gasteiger partial charge >= 0.3 is 5.97 Å². The fourth-order valence-corrected chi connectivity index (χ4v) is 2.48. The van der Waals surface area contributed by atoms with Crippen molar-refractivity contribution in [3.05, 3.63) is 17.5 Å². The zero-order chi connectivity index (χ0) is 15.4. The molecule has 0 spiro atoms. The van der Waals surface area contributed by atoms with Gasteiger partial charge in [0.15, 0.2) is 0 Å². The van der Waals surface area contributed by atoms with Gasteiger partial charge in [0.1, 0.15) is 17.7 Å². The fraction of sp³-hybridized carbons (Fsp3) is 0.571. The van der Waals surface area contributed by atoms with Crippen LogP contribution in [0.3, 0.4) is 0 Å². The predicted octanol–water partition coefficient (Wildman–Crippen LogP) is 0.973. The van der Waals surface area contributed by atoms with Crippen molar-refractivity contribution in [2.24, 2.45) is 5.92 Å². The number of carbonyl (C=O) groups is 1. The third kappa shape index (κ3) is 3.28. The Morgan fingerprint density at radius 1 is 1.57 bits per heavy atom. The summed E-state index contributed by atoms with van der Waals surface area (Å²) in [7, 11) is 0. The number of anilines is 1. The van der Waals surface area contributed by atoms with Crippen LogP contribution in [0.2, 0.25) is 0 Å². The number of hydrogen-bond donors (Lipinski definition) is 1. The minimum absolute atomic E-state index is 0.192. The quantitative estimate of drug-likeness (QED) is 0.862. The molecule has 112 valence electrons. The van der Waals surface area contributed by atoms with Crippen LogP contribution in [0.15, 0.2) is 6.07 Å². The van der Waals surface area contributed by atoms with Crippen molar-refractivity contribution in [2.45, 2.75) is 26.3 Å². The Kier molecular flexibility index (Phi) is 4.70. The molecule has 1 aliphatic heterocycles. The van der Waals surface area contributed by atoms with Crippen molar-refractivity contribution >= 4 is 11.9 Å². The zero-order valence-corrected chi connectivity index (χ0v) is 12.1. The predicted molar refractivity (Wildman–Crippen MR) is 74.9 cm³/mol. The Morgan fingerprint density at radius 3 is 2.95 bits per heavy atom. The Hall–Kier alpha value is -2.20. The van der Waals surface area contributed by atoms with Gasteiger partial charge in [-0.05, 0) is 19.4 Å². The van der Waals surface area contributed by atoms with E-state index in [-0.39, 0.29) is 18.3 Å². The van der Waals surface area contributed by atoms with Crippen LogP contribution in [0.4, 0.5) is 5.95 Å². The highest BCUT2D eigenvalue weighted by Gasteiger charge is 2.39. The van der Waals surface area contributed by atoms with Crippen molar-refractivity contribution in [2.75, 3.05) is 24.7 Å². The highest BCUT2D eigenvalue weighted by atomic mass is 16.5. The van der Waals surface area contributed by atoms with E-state index in [1.807, 2.05) is 17.9 Å². The summed E-state index contributed by atoms with van der Waals surface area (Å²) < 4.78 is 5.32. The summed E-state index contributed by atoms with van der Waals surface area (Å²) in [6.07, 6.45) is 0.821. The van der Waals surface area contributed by atoms with Gasteiger partial charge in [0.05, 0.1) is 19.3 Å². The van der Waals surface area contributed by atoms with E-state index in [1.165, 1.54) is 0 Å². The second-order valence-corrected chi connectivity index (χ2v) is 5.05. The van der Waals surface area contributed by atoms with Crippen molar-refractivity contribution in [1.82, 2.24) is 9.97 Å². The van der Waals surface area contributed by atoms with Gasteiger partial charge in [0.25, 0.3) is 0 Å². The Morgan fingerprint density at radius 2 is 2.33 bits per heavy atom. The van der Waals surface area contributed by atoms with Gasteiger partial charge in [-0.2, -0.15) is 5.26 Å². The monoisotopic (exact) mass is 290 g/mol. The number of ether oxygens (including phenoxy) is 1. The Balaban J connectivity index is 2.37. The molecule has 1 aromatic rings. The lowest BCUT2D eigenvalue weighted by Crippen LogP contribution is -2.44. The van der Waals surface area contributed by atoms with E-state index in [2.05, 4.69) is 9.97 Å². The number of nitrogens with zero attached hydrogens (tertiary/aromatic N) is 4. The average Bonchev–Trinajstić information content (AvgIpc) is 2.93. The van der Waals surface area contributed by atoms with Crippen molar-refractivity contribution in [3.63, 3.8) is 0 Å². The van der Waals surface area contributed by atoms with Gasteiger partial charge in [-0.1, -0.05) is 6.92 Å². The highest BCUT2D eigenvalue weighted by Crippen LogP contribution is 2.24. The van der Waals surface area contributed by atoms with Gasteiger partial charge in [0.2, 0.25) is 5.95 Å². The van der Waals surface area contributed by atoms with Crippen molar-refractivity contribution in [1.29, 1.82) is 5.26 Å². The molecule has 0 saturated carbocycles. The van der Waals surface area contributed by atoms with Gasteiger partial charge in [-0.3, -0.25) is 4.79 Å². The van der Waals surface area contributed by atoms with E-state index in [0.29, 0.717) is 24.8 Å². The van der Waals surface area contributed by atoms with Crippen LogP contribution in [0.5, 0.6) is 0 Å². The first-order valence-electron chi connectivity index (χ1n) is 6.89. The number of aryl methyl sites for hydroxylation is 1. The molecular formula is C14H18N4O3. The SMILES string of the molecule is CCCN(c1nc(C)cc(C#N)n1)C1COCC1C(=O)O. The lowest BCUT2D eigenvalue weighted by Gasteiger charge is -2.30. The molecule has 2 heterocycles. The molecular weight excluding hydrogens is 272 g/mol. The summed E-state index contributed by atoms with van der Waals surface area (Å²) in [4.78, 5) is 21.8. The standard InChI is InChI=1S/C14H18N4O3/c1-3-4-18(12-8-21-7-11(12)13(19)20)14-16-9(2)5-10(6-15)17-14/h5,11-12H,3-4,7-8H2,1-2H3,(H,19,20). The maximum absolute atomic E-state index is 11.3. The molecule has 1 fully saturated rings. The summed E-state index contributed by atoms with van der Waals surface area (Å²) in [5.41, 5.74) is 0.966. The summed E-state index contributed by atoms with van der Waals surface area (Å²) in [6, 6.07) is 3.30. The Labute approximate surface area is 123 Å². The summed E-state index contributed by atoms with van der Waals surface area (Å²) >= 11 is 0. The molecule has 2 unspecified atom stereocenters. The van der Waals surface area contributed by atoms with Gasteiger partial charge in [0, 0.05) is 12.2 Å². The number of carboxylic acid groups (broad SMARTS) is 1. The summed E-state index contributed by atoms with van der Waals surface area (Å²) in [5.74, 6) is -1.09. The topological polar surface area (TPSA) is 99.3 Å². The maximum Gasteiger partial charge on any atom is 0.311 e. The molecule has 1 saturated heterocycles. The first-order valence-corrected chi connectivity index (χ1v) is 6.89. The molecule has 7 nitrogen and oxygen atoms in total. The fourth-order valence-electron chi connectivity index (χ4n) is 2.48. The van der Waals surface area contributed by atoms with E-state index in [9.17, 15) is 9.90 Å². The van der Waals surface area contributed by atoms with Gasteiger partial charge in [-0.15, -0.1) is 0 Å². The van der Waals surface area contributed by atoms with E-state index in [1.54, 1.807) is 13.0 Å². The highest BCUT2D eigenvalue weighted by molar-refractivity contribution is 5.72. The van der Waals surface area contributed by atoms with E-state index in [4.69, 9.17) is 10.00 Å². The number of nitriles is 1. The van der Waals surface area contributed by atoms with Crippen LogP contribution in [0.1, 0.15) is 24.7 Å². The van der Waals surface area contributed by atoms with E-state index < -0.39 is 11.9 Å². The number of hydrogen-bond acceptors (Lipinski definition) is 6. The van der Waals surface area contributed by atoms with Crippen LogP contribution >= 0.6 is 0 Å². The Bertz CT molecular complexity index is 570. The summed E-state index contributed by atoms with van der Waals surface area (Å²) in [6.45, 7) is 4.93. The molecule has 0 amide bonds. The smallest absolute Gasteiger partial charge is 0.311 e. The van der Waals surface area contributed by atoms with Crippen molar-refractivity contribution < 1.29 is 14.6 Å². The van der Waals surface area contributed by atoms with Crippen LogP contribution in [0, 0.1) is 24.2 Å². The van der Waals surface area contributed by atoms with Crippen LogP contribution in [0.25, 0.3) is 0 Å². The van der Waals surface area contributed by atoms with E-state index >= 15 is 0 Å². The number of rotatable bonds is 5. The second-order valence-electron chi connectivity index (χ2n) is 5.05. The third-order valence-corrected chi connectivity index (χ3v) is 3.45. The lowest BCUT2D eigenvalue weighted by atomic mass is 10.0. The minimum atomic E-state index is -0.883. The summed E-state index contributed by atoms with van der Waals surface area (Å²) in [5, 5.41) is 18.3. The molecule has 1 N–H and O–H groups in total. The first kappa shape index (κ1) is 15.2. The first-order chi connectivity index (χ1) is 10.1. The minimum Gasteiger partial charge on any atom is -0.481 e. The molecule has 1 aliphatic rings. The molecule has 2 rings (SSSR count). The zero-order valence-electron chi connectivity index (χ0n) is 12.1. The third-order valence-electron chi connectivity index (χ3n) is 3.45. The molecule has 0 bridgehead atoms. The van der Waals surface area contributed by atoms with Gasteiger partial charge in [-0.25, -0.2) is 9.97 Å². The number of aromatic nitrogens is 2. The van der Waals surface area contributed by atoms with Crippen LogP contribution < -0.4 is 4.90 Å². The molecule has 0 aromatic carbocycles. The average molecular weight is 290 g/mol. The molecule has 1 aromatic heterocycles. The van der Waals surface area contributed by atoms with Crippen LogP contribution in [-0.2, 0) is 9.53 Å². The van der Waals surface area contributed by atoms with Gasteiger partial charge < -0.3 is 14.7 Å². The normalized spacial score (nSPS) is 21.0. The van der Waals surface area contributed by atoms with Crippen molar-refractivity contribution in [3.8, 4) is 6.07 Å². The maximum atomic E-state index is 11.3. The lowest BCUT2D eigenvalue weighted by molar-refractivity contribution is -0.142.